The number of β-lactam (4-membered cyclic amide) rings is 1. The maximum atomic E-state index is 13.0. The van der Waals surface area contributed by atoms with Crippen molar-refractivity contribution >= 4 is 41.4 Å². The number of imide groups is 1. The van der Waals surface area contributed by atoms with Crippen molar-refractivity contribution < 1.29 is 33.4 Å². The maximum absolute atomic E-state index is 13.0. The number of hydrogen-bond acceptors (Lipinski definition) is 8. The fourth-order valence-electron chi connectivity index (χ4n) is 4.03. The van der Waals surface area contributed by atoms with E-state index in [1.165, 1.54) is 30.7 Å². The number of thioether (sulfide) groups is 1. The topological polar surface area (TPSA) is 110 Å². The Hall–Kier alpha value is -2.88. The number of carbonyl (C=O) groups is 5. The Balaban J connectivity index is 1.66. The Labute approximate surface area is 170 Å². The summed E-state index contributed by atoms with van der Waals surface area (Å²) in [7, 11) is 1.21. The average molecular weight is 418 g/mol. The molecule has 0 aromatic heterocycles. The van der Waals surface area contributed by atoms with Gasteiger partial charge in [0.2, 0.25) is 0 Å². The van der Waals surface area contributed by atoms with E-state index in [2.05, 4.69) is 0 Å². The van der Waals surface area contributed by atoms with E-state index in [1.807, 2.05) is 0 Å². The highest BCUT2D eigenvalue weighted by Gasteiger charge is 2.69. The van der Waals surface area contributed by atoms with Crippen LogP contribution in [0.25, 0.3) is 0 Å². The normalized spacial score (nSPS) is 30.0. The van der Waals surface area contributed by atoms with Crippen LogP contribution in [0.15, 0.2) is 24.3 Å². The van der Waals surface area contributed by atoms with Crippen molar-refractivity contribution in [1.29, 1.82) is 0 Å². The molecule has 0 bridgehead atoms. The van der Waals surface area contributed by atoms with Crippen LogP contribution in [0.2, 0.25) is 0 Å². The molecule has 1 aromatic carbocycles. The molecule has 152 valence electrons. The molecule has 0 radical (unpaired) electrons. The quantitative estimate of drug-likeness (QED) is 0.393. The summed E-state index contributed by atoms with van der Waals surface area (Å²) in [5, 5.41) is -0.630. The minimum atomic E-state index is -1.03. The predicted molar refractivity (Wildman–Crippen MR) is 99.8 cm³/mol. The Kier molecular flexibility index (Phi) is 4.41. The van der Waals surface area contributed by atoms with Gasteiger partial charge in [0.25, 0.3) is 17.7 Å². The molecule has 10 heteroatoms. The third-order valence-corrected chi connectivity index (χ3v) is 6.99. The molecule has 3 aliphatic heterocycles. The van der Waals surface area contributed by atoms with Gasteiger partial charge in [-0.25, -0.2) is 4.79 Å². The van der Waals surface area contributed by atoms with Crippen molar-refractivity contribution in [1.82, 2.24) is 9.80 Å². The summed E-state index contributed by atoms with van der Waals surface area (Å²) >= 11 is 1.22. The van der Waals surface area contributed by atoms with Crippen molar-refractivity contribution in [3.63, 3.8) is 0 Å². The Morgan fingerprint density at radius 1 is 1.14 bits per heavy atom. The van der Waals surface area contributed by atoms with E-state index in [0.29, 0.717) is 0 Å². The molecule has 9 nitrogen and oxygen atoms in total. The molecule has 2 fully saturated rings. The minimum Gasteiger partial charge on any atom is -0.467 e. The number of ether oxygens (including phenoxy) is 2. The summed E-state index contributed by atoms with van der Waals surface area (Å²) in [5.74, 6) is -2.75. The fourth-order valence-corrected chi connectivity index (χ4v) is 5.75. The van der Waals surface area contributed by atoms with Gasteiger partial charge in [0.05, 0.1) is 23.0 Å². The van der Waals surface area contributed by atoms with E-state index in [4.69, 9.17) is 9.47 Å². The van der Waals surface area contributed by atoms with Gasteiger partial charge in [0.15, 0.2) is 0 Å². The number of amides is 3. The van der Waals surface area contributed by atoms with E-state index >= 15 is 0 Å². The highest BCUT2D eigenvalue weighted by atomic mass is 32.2. The van der Waals surface area contributed by atoms with Gasteiger partial charge in [0.1, 0.15) is 24.1 Å². The predicted octanol–water partition coefficient (Wildman–Crippen LogP) is 0.430. The molecule has 3 heterocycles. The number of esters is 2. The maximum Gasteiger partial charge on any atom is 0.330 e. The highest BCUT2D eigenvalue weighted by molar-refractivity contribution is 8.01. The second kappa shape index (κ2) is 6.58. The monoisotopic (exact) mass is 418 g/mol. The SMILES string of the molecule is COC(=O)C1N2C(=O)C(N3C(=O)c4ccccc4C3=O)C2SC1(C)COC(C)=O. The number of rotatable bonds is 4. The van der Waals surface area contributed by atoms with Crippen LogP contribution >= 0.6 is 11.8 Å². The molecule has 0 aliphatic carbocycles. The Morgan fingerprint density at radius 2 is 1.72 bits per heavy atom. The first-order chi connectivity index (χ1) is 13.7. The standard InChI is InChI=1S/C19H18N2O7S/c1-9(22)28-8-19(2)13(18(26)27-3)21-16(25)12(17(21)29-19)20-14(23)10-6-4-5-7-11(10)15(20)24/h4-7,12-13,17H,8H2,1-3H3. The molecular formula is C19H18N2O7S. The lowest BCUT2D eigenvalue weighted by molar-refractivity contribution is -0.165. The van der Waals surface area contributed by atoms with Crippen LogP contribution in [-0.2, 0) is 23.9 Å². The van der Waals surface area contributed by atoms with Crippen LogP contribution in [0, 0.1) is 0 Å². The first-order valence-corrected chi connectivity index (χ1v) is 9.77. The van der Waals surface area contributed by atoms with Crippen molar-refractivity contribution in [2.45, 2.75) is 36.1 Å². The van der Waals surface area contributed by atoms with E-state index in [-0.39, 0.29) is 17.7 Å². The lowest BCUT2D eigenvalue weighted by Crippen LogP contribution is -2.71. The van der Waals surface area contributed by atoms with Crippen LogP contribution < -0.4 is 0 Å². The van der Waals surface area contributed by atoms with Crippen molar-refractivity contribution in [3.05, 3.63) is 35.4 Å². The average Bonchev–Trinajstić information content (AvgIpc) is 3.11. The van der Waals surface area contributed by atoms with Gasteiger partial charge in [-0.1, -0.05) is 12.1 Å². The summed E-state index contributed by atoms with van der Waals surface area (Å²) in [6.45, 7) is 2.81. The number of hydrogen-bond donors (Lipinski definition) is 0. The van der Waals surface area contributed by atoms with Crippen LogP contribution in [0.1, 0.15) is 34.6 Å². The van der Waals surface area contributed by atoms with Gasteiger partial charge >= 0.3 is 11.9 Å². The molecule has 29 heavy (non-hydrogen) atoms. The molecule has 4 unspecified atom stereocenters. The van der Waals surface area contributed by atoms with Crippen molar-refractivity contribution in [3.8, 4) is 0 Å². The molecule has 4 atom stereocenters. The van der Waals surface area contributed by atoms with Gasteiger partial charge in [-0.05, 0) is 19.1 Å². The first-order valence-electron chi connectivity index (χ1n) is 8.89. The lowest BCUT2D eigenvalue weighted by Gasteiger charge is -2.46. The van der Waals surface area contributed by atoms with Crippen LogP contribution in [0.4, 0.5) is 0 Å². The van der Waals surface area contributed by atoms with Gasteiger partial charge < -0.3 is 14.4 Å². The van der Waals surface area contributed by atoms with Gasteiger partial charge in [-0.2, -0.15) is 0 Å². The zero-order chi connectivity index (χ0) is 21.1. The summed E-state index contributed by atoms with van der Waals surface area (Å²) < 4.78 is 8.99. The van der Waals surface area contributed by atoms with Crippen LogP contribution in [0.5, 0.6) is 0 Å². The van der Waals surface area contributed by atoms with Crippen molar-refractivity contribution in [2.24, 2.45) is 0 Å². The lowest BCUT2D eigenvalue weighted by atomic mass is 9.94. The zero-order valence-corrected chi connectivity index (χ0v) is 16.7. The van der Waals surface area contributed by atoms with Gasteiger partial charge in [-0.15, -0.1) is 11.8 Å². The summed E-state index contributed by atoms with van der Waals surface area (Å²) in [4.78, 5) is 64.6. The Bertz CT molecular complexity index is 929. The van der Waals surface area contributed by atoms with E-state index in [1.54, 1.807) is 31.2 Å². The second-order valence-corrected chi connectivity index (χ2v) is 8.89. The fraction of sp³-hybridized carbons (Fsp3) is 0.421. The van der Waals surface area contributed by atoms with E-state index in [9.17, 15) is 24.0 Å². The van der Waals surface area contributed by atoms with E-state index < -0.39 is 51.9 Å². The number of methoxy groups -OCH3 is 1. The summed E-state index contributed by atoms with van der Waals surface area (Å²) in [6, 6.07) is 4.35. The number of nitrogens with zero attached hydrogens (tertiary/aromatic N) is 2. The molecule has 4 rings (SSSR count). The largest absolute Gasteiger partial charge is 0.467 e. The molecule has 2 saturated heterocycles. The molecule has 0 spiro atoms. The zero-order valence-electron chi connectivity index (χ0n) is 15.9. The number of fused-ring (bicyclic) bond motifs is 2. The third kappa shape index (κ3) is 2.65. The first kappa shape index (κ1) is 19.4. The second-order valence-electron chi connectivity index (χ2n) is 7.24. The third-order valence-electron chi connectivity index (χ3n) is 5.39. The molecule has 1 aromatic rings. The minimum absolute atomic E-state index is 0.123. The molecular weight excluding hydrogens is 400 g/mol. The number of benzene rings is 1. The van der Waals surface area contributed by atoms with E-state index in [0.717, 1.165) is 4.90 Å². The van der Waals surface area contributed by atoms with Crippen molar-refractivity contribution in [2.75, 3.05) is 13.7 Å². The Morgan fingerprint density at radius 3 is 2.24 bits per heavy atom. The molecule has 3 aliphatic rings. The summed E-state index contributed by atoms with van der Waals surface area (Å²) in [6.07, 6.45) is 0. The highest BCUT2D eigenvalue weighted by Crippen LogP contribution is 2.53. The smallest absolute Gasteiger partial charge is 0.330 e. The molecule has 0 saturated carbocycles. The van der Waals surface area contributed by atoms with Gasteiger partial charge in [-0.3, -0.25) is 24.1 Å². The summed E-state index contributed by atoms with van der Waals surface area (Å²) in [5.41, 5.74) is 0.498. The van der Waals surface area contributed by atoms with Gasteiger partial charge in [0, 0.05) is 6.92 Å². The number of carbonyl (C=O) groups excluding carboxylic acids is 5. The van der Waals surface area contributed by atoms with Crippen LogP contribution in [0.3, 0.4) is 0 Å². The molecule has 3 amide bonds. The van der Waals surface area contributed by atoms with Crippen LogP contribution in [-0.4, -0.2) is 75.4 Å². The molecule has 0 N–H and O–H groups in total.